The van der Waals surface area contributed by atoms with Crippen molar-refractivity contribution in [3.63, 3.8) is 0 Å². The Morgan fingerprint density at radius 2 is 1.48 bits per heavy atom. The van der Waals surface area contributed by atoms with E-state index in [-0.39, 0.29) is 42.1 Å². The molecule has 0 fully saturated rings. The molecule has 1 aromatic rings. The third kappa shape index (κ3) is 5.86. The number of carbonyl (C=O) groups excluding carboxylic acids is 2. The van der Waals surface area contributed by atoms with Gasteiger partial charge in [-0.05, 0) is 12.1 Å². The molecule has 114 valence electrons. The second-order valence-electron chi connectivity index (χ2n) is 4.65. The molecule has 6 nitrogen and oxygen atoms in total. The molecule has 0 spiro atoms. The lowest BCUT2D eigenvalue weighted by Crippen LogP contribution is -2.07. The summed E-state index contributed by atoms with van der Waals surface area (Å²) < 4.78 is 22.6. The summed E-state index contributed by atoms with van der Waals surface area (Å²) in [6.45, 7) is 0. The molecule has 1 N–H and O–H groups in total. The van der Waals surface area contributed by atoms with Crippen LogP contribution in [0, 0.1) is 0 Å². The highest BCUT2D eigenvalue weighted by molar-refractivity contribution is 7.90. The summed E-state index contributed by atoms with van der Waals surface area (Å²) in [4.78, 5) is 33.6. The largest absolute Gasteiger partial charge is 0.481 e. The number of hydrogen-bond acceptors (Lipinski definition) is 5. The van der Waals surface area contributed by atoms with E-state index in [1.807, 2.05) is 0 Å². The van der Waals surface area contributed by atoms with Gasteiger partial charge in [0, 0.05) is 31.1 Å². The van der Waals surface area contributed by atoms with E-state index >= 15 is 0 Å². The van der Waals surface area contributed by atoms with Crippen LogP contribution < -0.4 is 0 Å². The fourth-order valence-electron chi connectivity index (χ4n) is 1.66. The van der Waals surface area contributed by atoms with Gasteiger partial charge < -0.3 is 5.11 Å². The Labute approximate surface area is 122 Å². The summed E-state index contributed by atoms with van der Waals surface area (Å²) in [6.07, 6.45) is 0.716. The zero-order valence-electron chi connectivity index (χ0n) is 11.5. The minimum absolute atomic E-state index is 0.0139. The number of hydrogen-bond donors (Lipinski definition) is 1. The van der Waals surface area contributed by atoms with Crippen molar-refractivity contribution in [1.29, 1.82) is 0 Å². The van der Waals surface area contributed by atoms with E-state index in [0.29, 0.717) is 5.56 Å². The molecule has 0 unspecified atom stereocenters. The van der Waals surface area contributed by atoms with E-state index in [0.717, 1.165) is 6.26 Å². The van der Waals surface area contributed by atoms with Crippen molar-refractivity contribution >= 4 is 27.4 Å². The third-order valence-corrected chi connectivity index (χ3v) is 3.98. The summed E-state index contributed by atoms with van der Waals surface area (Å²) >= 11 is 0. The van der Waals surface area contributed by atoms with Crippen molar-refractivity contribution in [3.05, 3.63) is 29.8 Å². The van der Waals surface area contributed by atoms with Gasteiger partial charge in [0.05, 0.1) is 11.3 Å². The van der Waals surface area contributed by atoms with Crippen LogP contribution in [0.4, 0.5) is 0 Å². The Hall–Kier alpha value is -2.02. The molecular weight excluding hydrogens is 296 g/mol. The first-order chi connectivity index (χ1) is 9.70. The maximum Gasteiger partial charge on any atom is 0.303 e. The average Bonchev–Trinajstić information content (AvgIpc) is 2.41. The Morgan fingerprint density at radius 3 is 1.95 bits per heavy atom. The lowest BCUT2D eigenvalue weighted by atomic mass is 10.0. The molecule has 0 heterocycles. The van der Waals surface area contributed by atoms with Crippen LogP contribution in [0.15, 0.2) is 29.2 Å². The van der Waals surface area contributed by atoms with Crippen LogP contribution in [-0.2, 0) is 19.4 Å². The molecule has 1 aromatic carbocycles. The minimum Gasteiger partial charge on any atom is -0.481 e. The molecule has 7 heteroatoms. The number of carboxylic acids is 1. The summed E-state index contributed by atoms with van der Waals surface area (Å²) in [7, 11) is -3.31. The second-order valence-corrected chi connectivity index (χ2v) is 6.67. The van der Waals surface area contributed by atoms with Crippen molar-refractivity contribution < 1.29 is 27.9 Å². The number of carboxylic acid groups (broad SMARTS) is 1. The quantitative estimate of drug-likeness (QED) is 0.729. The lowest BCUT2D eigenvalue weighted by molar-refractivity contribution is -0.138. The zero-order valence-corrected chi connectivity index (χ0v) is 12.4. The molecule has 0 saturated heterocycles. The summed E-state index contributed by atoms with van der Waals surface area (Å²) in [6, 6.07) is 5.49. The van der Waals surface area contributed by atoms with Crippen LogP contribution in [0.1, 0.15) is 36.0 Å². The van der Waals surface area contributed by atoms with Gasteiger partial charge in [-0.1, -0.05) is 12.1 Å². The molecule has 0 atom stereocenters. The van der Waals surface area contributed by atoms with Crippen LogP contribution >= 0.6 is 0 Å². The molecule has 21 heavy (non-hydrogen) atoms. The number of carbonyl (C=O) groups is 3. The number of ketones is 2. The highest BCUT2D eigenvalue weighted by Gasteiger charge is 2.12. The Bertz CT molecular complexity index is 643. The highest BCUT2D eigenvalue weighted by atomic mass is 32.2. The van der Waals surface area contributed by atoms with Gasteiger partial charge in [-0.25, -0.2) is 8.42 Å². The summed E-state index contributed by atoms with van der Waals surface area (Å²) in [5.74, 6) is -1.61. The molecule has 1 rings (SSSR count). The maximum atomic E-state index is 11.8. The van der Waals surface area contributed by atoms with Gasteiger partial charge in [0.2, 0.25) is 0 Å². The van der Waals surface area contributed by atoms with Gasteiger partial charge in [0.25, 0.3) is 0 Å². The van der Waals surface area contributed by atoms with Crippen molar-refractivity contribution in [2.75, 3.05) is 6.26 Å². The Morgan fingerprint density at radius 1 is 0.952 bits per heavy atom. The topological polar surface area (TPSA) is 106 Å². The molecule has 0 saturated carbocycles. The molecule has 0 radical (unpaired) electrons. The number of rotatable bonds is 8. The first-order valence-corrected chi connectivity index (χ1v) is 8.16. The number of aliphatic carboxylic acids is 1. The lowest BCUT2D eigenvalue weighted by Gasteiger charge is -2.02. The van der Waals surface area contributed by atoms with E-state index < -0.39 is 15.8 Å². The van der Waals surface area contributed by atoms with Crippen LogP contribution in [0.5, 0.6) is 0 Å². The molecule has 0 amide bonds. The highest BCUT2D eigenvalue weighted by Crippen LogP contribution is 2.13. The average molecular weight is 312 g/mol. The predicted molar refractivity (Wildman–Crippen MR) is 75.0 cm³/mol. The van der Waals surface area contributed by atoms with Gasteiger partial charge in [-0.15, -0.1) is 0 Å². The molecule has 0 aromatic heterocycles. The van der Waals surface area contributed by atoms with Crippen molar-refractivity contribution in [3.8, 4) is 0 Å². The fraction of sp³-hybridized carbons (Fsp3) is 0.357. The van der Waals surface area contributed by atoms with Crippen molar-refractivity contribution in [2.45, 2.75) is 30.6 Å². The zero-order chi connectivity index (χ0) is 16.0. The Kier molecular flexibility index (Phi) is 5.78. The SMILES string of the molecule is CS(=O)(=O)c1ccc(C(=O)CCC(=O)CCC(=O)O)cc1. The second kappa shape index (κ2) is 7.12. The molecule has 0 bridgehead atoms. The standard InChI is InChI=1S/C14H16O6S/c1-21(19,20)12-6-2-10(3-7-12)13(16)8-4-11(15)5-9-14(17)18/h2-3,6-7H,4-5,8-9H2,1H3,(H,17,18). The van der Waals surface area contributed by atoms with Gasteiger partial charge in [-0.3, -0.25) is 14.4 Å². The summed E-state index contributed by atoms with van der Waals surface area (Å²) in [5.41, 5.74) is 0.327. The van der Waals surface area contributed by atoms with E-state index in [4.69, 9.17) is 5.11 Å². The van der Waals surface area contributed by atoms with Gasteiger partial charge in [0.15, 0.2) is 15.6 Å². The van der Waals surface area contributed by atoms with Crippen molar-refractivity contribution in [2.24, 2.45) is 0 Å². The molecule has 0 aliphatic rings. The van der Waals surface area contributed by atoms with E-state index in [9.17, 15) is 22.8 Å². The molecule has 0 aliphatic heterocycles. The molecule has 0 aliphatic carbocycles. The van der Waals surface area contributed by atoms with Crippen LogP contribution in [0.25, 0.3) is 0 Å². The third-order valence-electron chi connectivity index (χ3n) is 2.85. The van der Waals surface area contributed by atoms with Crippen LogP contribution in [0.2, 0.25) is 0 Å². The smallest absolute Gasteiger partial charge is 0.303 e. The van der Waals surface area contributed by atoms with Gasteiger partial charge in [-0.2, -0.15) is 0 Å². The first-order valence-electron chi connectivity index (χ1n) is 6.27. The maximum absolute atomic E-state index is 11.8. The van der Waals surface area contributed by atoms with E-state index in [1.54, 1.807) is 0 Å². The van der Waals surface area contributed by atoms with E-state index in [1.165, 1.54) is 24.3 Å². The van der Waals surface area contributed by atoms with Crippen molar-refractivity contribution in [1.82, 2.24) is 0 Å². The number of Topliss-reactive ketones (excluding diaryl/α,β-unsaturated/α-hetero) is 2. The van der Waals surface area contributed by atoms with Crippen LogP contribution in [-0.4, -0.2) is 37.3 Å². The van der Waals surface area contributed by atoms with Gasteiger partial charge >= 0.3 is 5.97 Å². The molecular formula is C14H16O6S. The summed E-state index contributed by atoms with van der Waals surface area (Å²) in [5, 5.41) is 8.44. The van der Waals surface area contributed by atoms with E-state index in [2.05, 4.69) is 0 Å². The first kappa shape index (κ1) is 17.0. The fourth-order valence-corrected chi connectivity index (χ4v) is 2.29. The monoisotopic (exact) mass is 312 g/mol. The minimum atomic E-state index is -3.31. The Balaban J connectivity index is 2.56. The normalized spacial score (nSPS) is 11.1. The number of sulfone groups is 1. The van der Waals surface area contributed by atoms with Gasteiger partial charge in [0.1, 0.15) is 5.78 Å². The predicted octanol–water partition coefficient (Wildman–Crippen LogP) is 1.49. The number of benzene rings is 1. The van der Waals surface area contributed by atoms with Crippen LogP contribution in [0.3, 0.4) is 0 Å².